The minimum Gasteiger partial charge on any atom is -0.491 e. The van der Waals surface area contributed by atoms with Gasteiger partial charge in [0.15, 0.2) is 0 Å². The molecule has 2 aromatic rings. The van der Waals surface area contributed by atoms with Gasteiger partial charge >= 0.3 is 0 Å². The summed E-state index contributed by atoms with van der Waals surface area (Å²) in [7, 11) is 0. The molecule has 2 N–H and O–H groups in total. The highest BCUT2D eigenvalue weighted by molar-refractivity contribution is 5.41. The van der Waals surface area contributed by atoms with Crippen LogP contribution in [-0.2, 0) is 11.2 Å². The van der Waals surface area contributed by atoms with Gasteiger partial charge in [-0.3, -0.25) is 0 Å². The van der Waals surface area contributed by atoms with Crippen molar-refractivity contribution in [3.8, 4) is 11.5 Å². The van der Waals surface area contributed by atoms with E-state index in [1.54, 1.807) is 0 Å². The summed E-state index contributed by atoms with van der Waals surface area (Å²) in [6, 6.07) is 15.8. The highest BCUT2D eigenvalue weighted by Gasteiger charge is 1.98. The van der Waals surface area contributed by atoms with Gasteiger partial charge in [-0.1, -0.05) is 57.6 Å². The minimum absolute atomic E-state index is 0.511. The summed E-state index contributed by atoms with van der Waals surface area (Å²) in [5.41, 5.74) is 7.77. The van der Waals surface area contributed by atoms with Crippen LogP contribution in [0.2, 0.25) is 0 Å². The molecule has 160 valence electrons. The van der Waals surface area contributed by atoms with E-state index in [1.807, 2.05) is 24.3 Å². The predicted octanol–water partition coefficient (Wildman–Crippen LogP) is 6.04. The Morgan fingerprint density at radius 3 is 1.72 bits per heavy atom. The van der Waals surface area contributed by atoms with Crippen LogP contribution < -0.4 is 15.2 Å². The van der Waals surface area contributed by atoms with Gasteiger partial charge in [0.1, 0.15) is 24.7 Å². The van der Waals surface area contributed by atoms with Crippen molar-refractivity contribution in [3.05, 3.63) is 54.1 Å². The van der Waals surface area contributed by atoms with Crippen molar-refractivity contribution < 1.29 is 14.2 Å². The molecule has 2 rings (SSSR count). The zero-order chi connectivity index (χ0) is 20.6. The van der Waals surface area contributed by atoms with E-state index < -0.39 is 0 Å². The van der Waals surface area contributed by atoms with Crippen LogP contribution in [0.25, 0.3) is 0 Å². The molecule has 0 aliphatic heterocycles. The molecule has 0 heterocycles. The molecule has 0 aromatic heterocycles. The first-order chi connectivity index (χ1) is 14.3. The predicted molar refractivity (Wildman–Crippen MR) is 121 cm³/mol. The highest BCUT2D eigenvalue weighted by Crippen LogP contribution is 2.15. The largest absolute Gasteiger partial charge is 0.491 e. The normalized spacial score (nSPS) is 10.8. The summed E-state index contributed by atoms with van der Waals surface area (Å²) in [4.78, 5) is 0. The molecule has 4 nitrogen and oxygen atoms in total. The molecule has 0 saturated carbocycles. The number of hydrogen-bond donors (Lipinski definition) is 1. The summed E-state index contributed by atoms with van der Waals surface area (Å²) < 4.78 is 16.9. The smallest absolute Gasteiger partial charge is 0.119 e. The number of ether oxygens (including phenoxy) is 3. The molecule has 0 unspecified atom stereocenters. The van der Waals surface area contributed by atoms with Crippen LogP contribution >= 0.6 is 0 Å². The van der Waals surface area contributed by atoms with Gasteiger partial charge in [-0.25, -0.2) is 0 Å². The van der Waals surface area contributed by atoms with Crippen LogP contribution in [0.4, 0.5) is 5.69 Å². The lowest BCUT2D eigenvalue weighted by Crippen LogP contribution is -2.12. The molecule has 0 amide bonds. The average molecular weight is 400 g/mol. The first-order valence-electron chi connectivity index (χ1n) is 11.1. The van der Waals surface area contributed by atoms with Gasteiger partial charge in [0.2, 0.25) is 0 Å². The fourth-order valence-electron chi connectivity index (χ4n) is 3.14. The molecule has 0 aliphatic carbocycles. The zero-order valence-electron chi connectivity index (χ0n) is 17.9. The monoisotopic (exact) mass is 399 g/mol. The lowest BCUT2D eigenvalue weighted by atomic mass is 10.0. The van der Waals surface area contributed by atoms with Crippen molar-refractivity contribution in [1.82, 2.24) is 0 Å². The van der Waals surface area contributed by atoms with E-state index in [0.29, 0.717) is 26.4 Å². The van der Waals surface area contributed by atoms with Crippen LogP contribution in [0.5, 0.6) is 11.5 Å². The van der Waals surface area contributed by atoms with Crippen molar-refractivity contribution in [2.75, 3.05) is 32.2 Å². The van der Waals surface area contributed by atoms with E-state index in [-0.39, 0.29) is 0 Å². The molecule has 0 spiro atoms. The standard InChI is InChI=1S/C25H37NO3/c1-2-3-4-5-6-7-8-9-22-10-14-24(15-11-22)28-20-18-27-19-21-29-25-16-12-23(26)13-17-25/h10-17H,2-9,18-21,26H2,1H3. The Labute approximate surface area is 176 Å². The number of aryl methyl sites for hydroxylation is 1. The fourth-order valence-corrected chi connectivity index (χ4v) is 3.14. The number of nitrogens with two attached hydrogens (primary N) is 1. The SMILES string of the molecule is CCCCCCCCCc1ccc(OCCOCCOc2ccc(N)cc2)cc1. The van der Waals surface area contributed by atoms with Gasteiger partial charge in [0.25, 0.3) is 0 Å². The van der Waals surface area contributed by atoms with E-state index in [4.69, 9.17) is 19.9 Å². The van der Waals surface area contributed by atoms with E-state index in [0.717, 1.165) is 23.6 Å². The molecular formula is C25H37NO3. The summed E-state index contributed by atoms with van der Waals surface area (Å²) in [6.07, 6.45) is 10.6. The van der Waals surface area contributed by atoms with E-state index in [1.165, 1.54) is 50.5 Å². The third kappa shape index (κ3) is 10.8. The first-order valence-corrected chi connectivity index (χ1v) is 11.1. The molecule has 0 fully saturated rings. The summed E-state index contributed by atoms with van der Waals surface area (Å²) in [5.74, 6) is 1.70. The zero-order valence-corrected chi connectivity index (χ0v) is 17.9. The number of benzene rings is 2. The number of unbranched alkanes of at least 4 members (excludes halogenated alkanes) is 6. The van der Waals surface area contributed by atoms with Gasteiger partial charge in [-0.2, -0.15) is 0 Å². The number of anilines is 1. The molecule has 0 aliphatic rings. The molecule has 2 aromatic carbocycles. The lowest BCUT2D eigenvalue weighted by Gasteiger charge is -2.09. The minimum atomic E-state index is 0.511. The Morgan fingerprint density at radius 2 is 1.14 bits per heavy atom. The fraction of sp³-hybridized carbons (Fsp3) is 0.520. The summed E-state index contributed by atoms with van der Waals surface area (Å²) in [6.45, 7) is 4.39. The van der Waals surface area contributed by atoms with Crippen LogP contribution in [0.15, 0.2) is 48.5 Å². The molecular weight excluding hydrogens is 362 g/mol. The Hall–Kier alpha value is -2.20. The van der Waals surface area contributed by atoms with Gasteiger partial charge < -0.3 is 19.9 Å². The van der Waals surface area contributed by atoms with Crippen LogP contribution in [0, 0.1) is 0 Å². The van der Waals surface area contributed by atoms with Crippen molar-refractivity contribution in [2.45, 2.75) is 58.3 Å². The second kappa shape index (κ2) is 14.7. The third-order valence-electron chi connectivity index (χ3n) is 4.87. The van der Waals surface area contributed by atoms with Crippen LogP contribution in [-0.4, -0.2) is 26.4 Å². The van der Waals surface area contributed by atoms with Crippen molar-refractivity contribution >= 4 is 5.69 Å². The van der Waals surface area contributed by atoms with Gasteiger partial charge in [0.05, 0.1) is 13.2 Å². The second-order valence-corrected chi connectivity index (χ2v) is 7.39. The lowest BCUT2D eigenvalue weighted by molar-refractivity contribution is 0.0764. The van der Waals surface area contributed by atoms with Crippen molar-refractivity contribution in [3.63, 3.8) is 0 Å². The van der Waals surface area contributed by atoms with E-state index >= 15 is 0 Å². The van der Waals surface area contributed by atoms with Gasteiger partial charge in [-0.05, 0) is 54.8 Å². The molecule has 0 saturated heterocycles. The Kier molecular flexibility index (Phi) is 11.7. The molecule has 0 atom stereocenters. The van der Waals surface area contributed by atoms with Crippen LogP contribution in [0.1, 0.15) is 57.4 Å². The summed E-state index contributed by atoms with van der Waals surface area (Å²) in [5, 5.41) is 0. The van der Waals surface area contributed by atoms with E-state index in [2.05, 4.69) is 31.2 Å². The first kappa shape index (κ1) is 23.1. The van der Waals surface area contributed by atoms with E-state index in [9.17, 15) is 0 Å². The summed E-state index contributed by atoms with van der Waals surface area (Å²) >= 11 is 0. The Morgan fingerprint density at radius 1 is 0.621 bits per heavy atom. The van der Waals surface area contributed by atoms with Gasteiger partial charge in [-0.15, -0.1) is 0 Å². The average Bonchev–Trinajstić information content (AvgIpc) is 2.74. The molecule has 4 heteroatoms. The number of hydrogen-bond acceptors (Lipinski definition) is 4. The van der Waals surface area contributed by atoms with Gasteiger partial charge in [0, 0.05) is 5.69 Å². The Balaban J connectivity index is 1.46. The maximum absolute atomic E-state index is 5.74. The van der Waals surface area contributed by atoms with Crippen molar-refractivity contribution in [2.24, 2.45) is 0 Å². The maximum atomic E-state index is 5.74. The number of rotatable bonds is 16. The van der Waals surface area contributed by atoms with Crippen LogP contribution in [0.3, 0.4) is 0 Å². The molecule has 29 heavy (non-hydrogen) atoms. The highest BCUT2D eigenvalue weighted by atomic mass is 16.5. The Bertz CT molecular complexity index is 640. The second-order valence-electron chi connectivity index (χ2n) is 7.39. The number of nitrogen functional groups attached to an aromatic ring is 1. The molecule has 0 radical (unpaired) electrons. The topological polar surface area (TPSA) is 53.7 Å². The maximum Gasteiger partial charge on any atom is 0.119 e. The molecule has 0 bridgehead atoms. The van der Waals surface area contributed by atoms with Crippen molar-refractivity contribution in [1.29, 1.82) is 0 Å². The third-order valence-corrected chi connectivity index (χ3v) is 4.87. The quantitative estimate of drug-likeness (QED) is 0.276.